The molecular formula is C21H19ClF4N2O5S. The van der Waals surface area contributed by atoms with Crippen molar-refractivity contribution >= 4 is 33.2 Å². The van der Waals surface area contributed by atoms with Crippen LogP contribution in [0.15, 0.2) is 30.3 Å². The molecule has 0 atom stereocenters. The monoisotopic (exact) mass is 522 g/mol. The number of nitrogens with one attached hydrogen (secondary N) is 1. The van der Waals surface area contributed by atoms with Crippen molar-refractivity contribution in [1.29, 1.82) is 0 Å². The number of carbonyl (C=O) groups excluding carboxylic acids is 1. The second-order valence-electron chi connectivity index (χ2n) is 8.15. The minimum Gasteiger partial charge on any atom is -0.486 e. The minimum atomic E-state index is -4.85. The molecular weight excluding hydrogens is 504 g/mol. The van der Waals surface area contributed by atoms with Gasteiger partial charge in [0.05, 0.1) is 29.9 Å². The lowest BCUT2D eigenvalue weighted by Gasteiger charge is -2.41. The Balaban J connectivity index is 1.44. The summed E-state index contributed by atoms with van der Waals surface area (Å²) in [5.41, 5.74) is 0.807. The summed E-state index contributed by atoms with van der Waals surface area (Å²) in [6.07, 6.45) is -2.73. The van der Waals surface area contributed by atoms with Crippen LogP contribution in [0, 0.1) is 5.82 Å². The quantitative estimate of drug-likeness (QED) is 0.548. The van der Waals surface area contributed by atoms with Crippen molar-refractivity contribution in [3.8, 4) is 11.5 Å². The van der Waals surface area contributed by atoms with Gasteiger partial charge >= 0.3 is 6.36 Å². The molecule has 0 bridgehead atoms. The van der Waals surface area contributed by atoms with E-state index in [0.717, 1.165) is 31.2 Å². The summed E-state index contributed by atoms with van der Waals surface area (Å²) in [6, 6.07) is 6.31. The van der Waals surface area contributed by atoms with Gasteiger partial charge in [0.15, 0.2) is 0 Å². The number of amides is 1. The molecule has 1 heterocycles. The molecule has 1 aliphatic carbocycles. The Morgan fingerprint density at radius 2 is 1.82 bits per heavy atom. The van der Waals surface area contributed by atoms with Crippen molar-refractivity contribution in [3.05, 3.63) is 52.3 Å². The number of ether oxygens (including phenoxy) is 2. The van der Waals surface area contributed by atoms with E-state index in [-0.39, 0.29) is 28.4 Å². The third kappa shape index (κ3) is 5.84. The summed E-state index contributed by atoms with van der Waals surface area (Å²) < 4.78 is 86.0. The number of alkyl halides is 3. The van der Waals surface area contributed by atoms with Crippen LogP contribution in [0.2, 0.25) is 5.02 Å². The number of nitrogens with zero attached hydrogens (tertiary/aromatic N) is 1. The first-order valence-corrected chi connectivity index (χ1v) is 12.4. The number of anilines is 1. The van der Waals surface area contributed by atoms with Crippen molar-refractivity contribution in [2.75, 3.05) is 24.2 Å². The van der Waals surface area contributed by atoms with Crippen LogP contribution >= 0.6 is 11.6 Å². The fourth-order valence-corrected chi connectivity index (χ4v) is 4.24. The maximum Gasteiger partial charge on any atom is 0.573 e. The molecule has 2 aromatic rings. The SMILES string of the molecule is CS(=O)(=O)NC(=O)c1cc(C2CC2)c(OC2CN(c3ccc(OC(F)(F)F)c(Cl)c3)C2)cc1F. The van der Waals surface area contributed by atoms with Crippen LogP contribution in [0.1, 0.15) is 34.7 Å². The Morgan fingerprint density at radius 3 is 2.38 bits per heavy atom. The molecule has 184 valence electrons. The molecule has 34 heavy (non-hydrogen) atoms. The number of hydrogen-bond acceptors (Lipinski definition) is 6. The average molecular weight is 523 g/mol. The molecule has 7 nitrogen and oxygen atoms in total. The van der Waals surface area contributed by atoms with Crippen molar-refractivity contribution in [3.63, 3.8) is 0 Å². The minimum absolute atomic E-state index is 0.0801. The molecule has 0 unspecified atom stereocenters. The third-order valence-electron chi connectivity index (χ3n) is 5.29. The molecule has 1 saturated heterocycles. The molecule has 2 aliphatic rings. The van der Waals surface area contributed by atoms with Crippen LogP contribution in [0.3, 0.4) is 0 Å². The maximum atomic E-state index is 14.6. The number of rotatable bonds is 7. The van der Waals surface area contributed by atoms with Gasteiger partial charge in [0.2, 0.25) is 10.0 Å². The van der Waals surface area contributed by atoms with E-state index in [4.69, 9.17) is 16.3 Å². The van der Waals surface area contributed by atoms with E-state index in [1.165, 1.54) is 18.2 Å². The second-order valence-corrected chi connectivity index (χ2v) is 10.3. The van der Waals surface area contributed by atoms with E-state index in [0.29, 0.717) is 24.3 Å². The van der Waals surface area contributed by atoms with E-state index in [9.17, 15) is 30.8 Å². The zero-order valence-electron chi connectivity index (χ0n) is 17.7. The Labute approximate surface area is 197 Å². The highest BCUT2D eigenvalue weighted by atomic mass is 35.5. The van der Waals surface area contributed by atoms with Gasteiger partial charge in [-0.25, -0.2) is 17.5 Å². The van der Waals surface area contributed by atoms with Crippen LogP contribution in [0.25, 0.3) is 0 Å². The molecule has 4 rings (SSSR count). The standard InChI is InChI=1S/C21H19ClF4N2O5S/c1-34(30,31)27-20(29)15-7-14(11-2-3-11)19(8-17(15)23)32-13-9-28(10-13)12-4-5-18(16(22)6-12)33-21(24,25)26/h4-8,11,13H,2-3,9-10H2,1H3,(H,27,29). The fraction of sp³-hybridized carbons (Fsp3) is 0.381. The molecule has 1 aliphatic heterocycles. The van der Waals surface area contributed by atoms with Crippen LogP contribution < -0.4 is 19.1 Å². The molecule has 1 saturated carbocycles. The summed E-state index contributed by atoms with van der Waals surface area (Å²) >= 11 is 5.89. The number of carbonyl (C=O) groups is 1. The molecule has 2 aromatic carbocycles. The Bertz CT molecular complexity index is 1230. The highest BCUT2D eigenvalue weighted by Gasteiger charge is 2.35. The van der Waals surface area contributed by atoms with Crippen molar-refractivity contribution < 1.29 is 40.2 Å². The predicted octanol–water partition coefficient (Wildman–Crippen LogP) is 4.21. The number of benzene rings is 2. The van der Waals surface area contributed by atoms with Gasteiger partial charge in [-0.2, -0.15) is 0 Å². The van der Waals surface area contributed by atoms with Gasteiger partial charge in [0, 0.05) is 11.8 Å². The van der Waals surface area contributed by atoms with Crippen LogP contribution in [-0.2, 0) is 10.0 Å². The summed E-state index contributed by atoms with van der Waals surface area (Å²) in [7, 11) is -3.85. The molecule has 0 spiro atoms. The van der Waals surface area contributed by atoms with Gasteiger partial charge in [-0.05, 0) is 48.6 Å². The Hall–Kier alpha value is -2.73. The first-order valence-electron chi connectivity index (χ1n) is 10.1. The van der Waals surface area contributed by atoms with Crippen molar-refractivity contribution in [2.24, 2.45) is 0 Å². The highest BCUT2D eigenvalue weighted by Crippen LogP contribution is 2.46. The molecule has 0 radical (unpaired) electrons. The molecule has 2 fully saturated rings. The Kier molecular flexibility index (Phi) is 6.32. The lowest BCUT2D eigenvalue weighted by molar-refractivity contribution is -0.274. The summed E-state index contributed by atoms with van der Waals surface area (Å²) in [6.45, 7) is 0.746. The normalized spacial score (nSPS) is 16.7. The summed E-state index contributed by atoms with van der Waals surface area (Å²) in [4.78, 5) is 14.0. The van der Waals surface area contributed by atoms with Gasteiger partial charge in [-0.1, -0.05) is 11.6 Å². The lowest BCUT2D eigenvalue weighted by atomic mass is 10.0. The van der Waals surface area contributed by atoms with Crippen molar-refractivity contribution in [2.45, 2.75) is 31.2 Å². The first-order chi connectivity index (χ1) is 15.8. The fourth-order valence-electron chi connectivity index (χ4n) is 3.58. The van der Waals surface area contributed by atoms with Gasteiger partial charge < -0.3 is 14.4 Å². The zero-order chi connectivity index (χ0) is 24.8. The predicted molar refractivity (Wildman–Crippen MR) is 115 cm³/mol. The maximum absolute atomic E-state index is 14.6. The molecule has 13 heteroatoms. The van der Waals surface area contributed by atoms with E-state index in [1.807, 2.05) is 4.90 Å². The molecule has 1 N–H and O–H groups in total. The largest absolute Gasteiger partial charge is 0.573 e. The number of halogens is 5. The van der Waals surface area contributed by atoms with Gasteiger partial charge in [0.1, 0.15) is 23.4 Å². The van der Waals surface area contributed by atoms with E-state index >= 15 is 0 Å². The molecule has 1 amide bonds. The summed E-state index contributed by atoms with van der Waals surface area (Å²) in [5.74, 6) is -2.12. The van der Waals surface area contributed by atoms with Crippen LogP contribution in [0.5, 0.6) is 11.5 Å². The van der Waals surface area contributed by atoms with Gasteiger partial charge in [0.25, 0.3) is 5.91 Å². The molecule has 0 aromatic heterocycles. The van der Waals surface area contributed by atoms with E-state index in [1.54, 1.807) is 4.72 Å². The second kappa shape index (κ2) is 8.81. The van der Waals surface area contributed by atoms with E-state index in [2.05, 4.69) is 4.74 Å². The van der Waals surface area contributed by atoms with Gasteiger partial charge in [-0.15, -0.1) is 13.2 Å². The number of sulfonamides is 1. The van der Waals surface area contributed by atoms with E-state index < -0.39 is 33.9 Å². The average Bonchev–Trinajstić information content (AvgIpc) is 3.48. The number of hydrogen-bond donors (Lipinski definition) is 1. The lowest BCUT2D eigenvalue weighted by Crippen LogP contribution is -2.54. The topological polar surface area (TPSA) is 84.9 Å². The summed E-state index contributed by atoms with van der Waals surface area (Å²) in [5, 5.41) is -0.194. The van der Waals surface area contributed by atoms with Crippen LogP contribution in [-0.4, -0.2) is 46.1 Å². The Morgan fingerprint density at radius 1 is 1.15 bits per heavy atom. The van der Waals surface area contributed by atoms with Crippen molar-refractivity contribution in [1.82, 2.24) is 4.72 Å². The van der Waals surface area contributed by atoms with Gasteiger partial charge in [-0.3, -0.25) is 4.79 Å². The zero-order valence-corrected chi connectivity index (χ0v) is 19.2. The first kappa shape index (κ1) is 24.4. The third-order valence-corrected chi connectivity index (χ3v) is 6.14. The highest BCUT2D eigenvalue weighted by molar-refractivity contribution is 7.89. The van der Waals surface area contributed by atoms with Crippen LogP contribution in [0.4, 0.5) is 23.2 Å². The smallest absolute Gasteiger partial charge is 0.486 e.